The second-order valence-electron chi connectivity index (χ2n) is 12.8. The van der Waals surface area contributed by atoms with E-state index in [-0.39, 0.29) is 0 Å². The van der Waals surface area contributed by atoms with Gasteiger partial charge in [0.25, 0.3) is 0 Å². The van der Waals surface area contributed by atoms with Gasteiger partial charge in [-0.05, 0) is 131 Å². The predicted octanol–water partition coefficient (Wildman–Crippen LogP) is 13.4. The van der Waals surface area contributed by atoms with Gasteiger partial charge in [-0.3, -0.25) is 0 Å². The summed E-state index contributed by atoms with van der Waals surface area (Å²) in [6, 6.07) is 60.7. The van der Waals surface area contributed by atoms with Crippen LogP contribution in [0.25, 0.3) is 43.5 Å². The van der Waals surface area contributed by atoms with E-state index in [9.17, 15) is 0 Å². The van der Waals surface area contributed by atoms with E-state index < -0.39 is 0 Å². The highest BCUT2D eigenvalue weighted by Gasteiger charge is 2.18. The molecule has 0 fully saturated rings. The molecule has 0 aliphatic rings. The zero-order chi connectivity index (χ0) is 32.9. The molecule has 0 spiro atoms. The zero-order valence-electron chi connectivity index (χ0n) is 27.5. The Hall–Kier alpha value is -6.32. The highest BCUT2D eigenvalue weighted by molar-refractivity contribution is 6.14. The van der Waals surface area contributed by atoms with E-state index in [1.807, 2.05) is 0 Å². The lowest BCUT2D eigenvalue weighted by atomic mass is 10.0. The van der Waals surface area contributed by atoms with E-state index in [0.717, 1.165) is 55.5 Å². The first-order valence-electron chi connectivity index (χ1n) is 16.8. The molecule has 49 heavy (non-hydrogen) atoms. The summed E-state index contributed by atoms with van der Waals surface area (Å²) in [6.07, 6.45) is 0. The minimum absolute atomic E-state index is 0.899. The number of furan rings is 1. The monoisotopic (exact) mass is 630 g/mol. The van der Waals surface area contributed by atoms with Crippen molar-refractivity contribution in [3.05, 3.63) is 181 Å². The van der Waals surface area contributed by atoms with Gasteiger partial charge in [-0.2, -0.15) is 0 Å². The molecule has 9 rings (SSSR count). The van der Waals surface area contributed by atoms with Gasteiger partial charge in [0.05, 0.1) is 0 Å². The third kappa shape index (κ3) is 5.08. The van der Waals surface area contributed by atoms with Crippen LogP contribution in [-0.4, -0.2) is 0 Å². The van der Waals surface area contributed by atoms with Crippen LogP contribution in [0.4, 0.5) is 34.1 Å². The van der Waals surface area contributed by atoms with Crippen LogP contribution < -0.4 is 9.80 Å². The first-order chi connectivity index (χ1) is 24.1. The van der Waals surface area contributed by atoms with Crippen LogP contribution in [-0.2, 0) is 0 Å². The Balaban J connectivity index is 1.20. The molecule has 9 aromatic rings. The summed E-state index contributed by atoms with van der Waals surface area (Å²) in [5.41, 5.74) is 11.1. The number of para-hydroxylation sites is 4. The Labute approximate surface area is 285 Å². The lowest BCUT2D eigenvalue weighted by molar-refractivity contribution is 0.670. The lowest BCUT2D eigenvalue weighted by Crippen LogP contribution is -2.11. The summed E-state index contributed by atoms with van der Waals surface area (Å²) < 4.78 is 6.51. The number of rotatable bonds is 6. The van der Waals surface area contributed by atoms with E-state index in [0.29, 0.717) is 0 Å². The van der Waals surface area contributed by atoms with Gasteiger partial charge in [0.2, 0.25) is 0 Å². The fraction of sp³-hybridized carbons (Fsp3) is 0.0435. The number of anilines is 6. The third-order valence-electron chi connectivity index (χ3n) is 9.61. The summed E-state index contributed by atoms with van der Waals surface area (Å²) in [6.45, 7) is 4.34. The first-order valence-corrected chi connectivity index (χ1v) is 16.8. The van der Waals surface area contributed by atoms with Crippen LogP contribution in [0, 0.1) is 13.8 Å². The predicted molar refractivity (Wildman–Crippen MR) is 208 cm³/mol. The van der Waals surface area contributed by atoms with E-state index in [2.05, 4.69) is 194 Å². The van der Waals surface area contributed by atoms with Crippen LogP contribution in [0.3, 0.4) is 0 Å². The smallest absolute Gasteiger partial charge is 0.136 e. The Morgan fingerprint density at radius 1 is 0.347 bits per heavy atom. The van der Waals surface area contributed by atoms with E-state index in [4.69, 9.17) is 4.42 Å². The summed E-state index contributed by atoms with van der Waals surface area (Å²) in [4.78, 5) is 4.68. The fourth-order valence-electron chi connectivity index (χ4n) is 7.15. The maximum Gasteiger partial charge on any atom is 0.136 e. The van der Waals surface area contributed by atoms with Crippen LogP contribution in [0.1, 0.15) is 11.1 Å². The van der Waals surface area contributed by atoms with Gasteiger partial charge in [0.15, 0.2) is 0 Å². The molecule has 0 aliphatic heterocycles. The van der Waals surface area contributed by atoms with Crippen molar-refractivity contribution in [2.45, 2.75) is 13.8 Å². The number of nitrogens with zero attached hydrogens (tertiary/aromatic N) is 2. The molecule has 1 aromatic heterocycles. The Morgan fingerprint density at radius 3 is 1.18 bits per heavy atom. The zero-order valence-corrected chi connectivity index (χ0v) is 27.5. The highest BCUT2D eigenvalue weighted by atomic mass is 16.3. The molecule has 0 atom stereocenters. The van der Waals surface area contributed by atoms with Gasteiger partial charge in [-0.1, -0.05) is 84.9 Å². The molecular weight excluding hydrogens is 597 g/mol. The first kappa shape index (κ1) is 28.9. The van der Waals surface area contributed by atoms with Gasteiger partial charge in [-0.15, -0.1) is 0 Å². The maximum atomic E-state index is 6.51. The van der Waals surface area contributed by atoms with Crippen molar-refractivity contribution in [1.82, 2.24) is 0 Å². The minimum atomic E-state index is 0.899. The van der Waals surface area contributed by atoms with Crippen LogP contribution in [0.2, 0.25) is 0 Å². The molecule has 234 valence electrons. The standard InChI is InChI=1S/C46H34N2O/c1-31-13-9-11-19-43(31)47(37-15-5-3-6-16-37)39-23-21-33-29-45-41(27-35(33)25-39)42-28-36-26-40(24-22-34(36)30-46(42)49-45)48(38-17-7-4-8-18-38)44-20-12-10-14-32(44)2/h3-30H,1-2H3. The summed E-state index contributed by atoms with van der Waals surface area (Å²) in [7, 11) is 0. The molecule has 0 aliphatic carbocycles. The van der Waals surface area contributed by atoms with Crippen molar-refractivity contribution in [2.24, 2.45) is 0 Å². The second kappa shape index (κ2) is 11.7. The third-order valence-corrected chi connectivity index (χ3v) is 9.61. The van der Waals surface area contributed by atoms with Gasteiger partial charge in [-0.25, -0.2) is 0 Å². The maximum absolute atomic E-state index is 6.51. The van der Waals surface area contributed by atoms with Crippen molar-refractivity contribution in [3.8, 4) is 0 Å². The quantitative estimate of drug-likeness (QED) is 0.182. The summed E-state index contributed by atoms with van der Waals surface area (Å²) in [5.74, 6) is 0. The van der Waals surface area contributed by atoms with Crippen LogP contribution in [0.15, 0.2) is 174 Å². The van der Waals surface area contributed by atoms with Crippen molar-refractivity contribution in [2.75, 3.05) is 9.80 Å². The van der Waals surface area contributed by atoms with Crippen molar-refractivity contribution in [1.29, 1.82) is 0 Å². The molecule has 0 radical (unpaired) electrons. The molecule has 0 amide bonds. The van der Waals surface area contributed by atoms with Crippen LogP contribution in [0.5, 0.6) is 0 Å². The molecular formula is C46H34N2O. The second-order valence-corrected chi connectivity index (χ2v) is 12.8. The molecule has 8 aromatic carbocycles. The number of hydrogen-bond donors (Lipinski definition) is 0. The lowest BCUT2D eigenvalue weighted by Gasteiger charge is -2.27. The number of hydrogen-bond acceptors (Lipinski definition) is 3. The Morgan fingerprint density at radius 2 is 0.755 bits per heavy atom. The highest BCUT2D eigenvalue weighted by Crippen LogP contribution is 2.42. The number of aryl methyl sites for hydroxylation is 2. The number of fused-ring (bicyclic) bond motifs is 5. The van der Waals surface area contributed by atoms with E-state index >= 15 is 0 Å². The Kier molecular flexibility index (Phi) is 6.91. The molecule has 0 saturated heterocycles. The van der Waals surface area contributed by atoms with Gasteiger partial charge in [0, 0.05) is 44.9 Å². The molecule has 1 heterocycles. The van der Waals surface area contributed by atoms with Gasteiger partial charge < -0.3 is 14.2 Å². The molecule has 0 bridgehead atoms. The fourth-order valence-corrected chi connectivity index (χ4v) is 7.15. The molecule has 0 saturated carbocycles. The SMILES string of the molecule is Cc1ccccc1N(c1ccccc1)c1ccc2cc3oc4cc5ccc(N(c6ccccc6)c6ccccc6C)cc5cc4c3cc2c1. The van der Waals surface area contributed by atoms with Gasteiger partial charge >= 0.3 is 0 Å². The largest absolute Gasteiger partial charge is 0.456 e. The average molecular weight is 631 g/mol. The normalized spacial score (nSPS) is 11.5. The minimum Gasteiger partial charge on any atom is -0.456 e. The number of benzene rings is 8. The van der Waals surface area contributed by atoms with E-state index in [1.54, 1.807) is 0 Å². The molecule has 3 heteroatoms. The topological polar surface area (TPSA) is 19.6 Å². The van der Waals surface area contributed by atoms with Crippen LogP contribution >= 0.6 is 0 Å². The van der Waals surface area contributed by atoms with Gasteiger partial charge in [0.1, 0.15) is 11.2 Å². The van der Waals surface area contributed by atoms with Crippen molar-refractivity contribution >= 4 is 77.6 Å². The molecule has 0 unspecified atom stereocenters. The molecule has 0 N–H and O–H groups in total. The average Bonchev–Trinajstić information content (AvgIpc) is 3.48. The summed E-state index contributed by atoms with van der Waals surface area (Å²) in [5, 5.41) is 6.88. The van der Waals surface area contributed by atoms with E-state index in [1.165, 1.54) is 33.3 Å². The van der Waals surface area contributed by atoms with Crippen molar-refractivity contribution in [3.63, 3.8) is 0 Å². The summed E-state index contributed by atoms with van der Waals surface area (Å²) >= 11 is 0. The molecule has 3 nitrogen and oxygen atoms in total. The van der Waals surface area contributed by atoms with Crippen molar-refractivity contribution < 1.29 is 4.42 Å². The Bertz CT molecular complexity index is 2460.